The number of carbonyl (C=O) groups excluding carboxylic acids is 1. The lowest BCUT2D eigenvalue weighted by Gasteiger charge is -2.39. The fraction of sp³-hybridized carbons (Fsp3) is 0.378. The second-order valence-corrected chi connectivity index (χ2v) is 18.6. The number of aromatic amines is 1. The number of carbonyl (C=O) groups is 1. The second-order valence-electron chi connectivity index (χ2n) is 16.9. The summed E-state index contributed by atoms with van der Waals surface area (Å²) in [7, 11) is -4.63. The molecule has 2 saturated heterocycles. The number of rotatable bonds is 13. The Labute approximate surface area is 362 Å². The van der Waals surface area contributed by atoms with E-state index in [1.807, 2.05) is 0 Å². The minimum atomic E-state index is -4.63. The quantitative estimate of drug-likeness (QED) is 0.0857. The number of alkyl halides is 3. The number of nitro groups is 1. The molecule has 0 saturated carbocycles. The Morgan fingerprint density at radius 3 is 2.52 bits per heavy atom. The Hall–Kier alpha value is -5.98. The van der Waals surface area contributed by atoms with Crippen LogP contribution in [0.5, 0.6) is 17.2 Å². The van der Waals surface area contributed by atoms with Gasteiger partial charge in [-0.2, -0.15) is 13.2 Å². The number of amides is 1. The molecule has 8 rings (SSSR count). The molecule has 14 nitrogen and oxygen atoms in total. The topological polar surface area (TPSA) is 169 Å². The first-order valence-electron chi connectivity index (χ1n) is 20.7. The molecule has 2 aliphatic heterocycles. The highest BCUT2D eigenvalue weighted by Crippen LogP contribution is 2.44. The molecule has 1 unspecified atom stereocenters. The zero-order valence-electron chi connectivity index (χ0n) is 34.7. The van der Waals surface area contributed by atoms with E-state index in [-0.39, 0.29) is 35.2 Å². The van der Waals surface area contributed by atoms with Gasteiger partial charge in [-0.15, -0.1) is 0 Å². The summed E-state index contributed by atoms with van der Waals surface area (Å²) in [6.45, 7) is 8.27. The molecule has 1 atom stereocenters. The maximum atomic E-state index is 13.9. The predicted molar refractivity (Wildman–Crippen MR) is 229 cm³/mol. The first kappa shape index (κ1) is 43.7. The van der Waals surface area contributed by atoms with Crippen LogP contribution in [0, 0.1) is 15.5 Å². The van der Waals surface area contributed by atoms with Crippen molar-refractivity contribution in [1.82, 2.24) is 19.6 Å². The summed E-state index contributed by atoms with van der Waals surface area (Å²) < 4.78 is 86.7. The number of halogens is 3. The van der Waals surface area contributed by atoms with E-state index in [0.717, 1.165) is 78.6 Å². The van der Waals surface area contributed by atoms with Crippen LogP contribution in [0.4, 0.5) is 24.5 Å². The zero-order valence-corrected chi connectivity index (χ0v) is 35.6. The smallest absolute Gasteiger partial charge is 0.416 e. The van der Waals surface area contributed by atoms with Crippen LogP contribution in [0.1, 0.15) is 67.4 Å². The van der Waals surface area contributed by atoms with Crippen LogP contribution >= 0.6 is 0 Å². The van der Waals surface area contributed by atoms with Gasteiger partial charge in [-0.1, -0.05) is 31.6 Å². The number of H-pyrrole nitrogens is 1. The molecule has 332 valence electrons. The Balaban J connectivity index is 1.00. The van der Waals surface area contributed by atoms with Crippen LogP contribution in [0.3, 0.4) is 0 Å². The van der Waals surface area contributed by atoms with Crippen LogP contribution in [-0.2, 0) is 20.9 Å². The summed E-state index contributed by atoms with van der Waals surface area (Å²) in [5.41, 5.74) is 3.14. The van der Waals surface area contributed by atoms with E-state index in [0.29, 0.717) is 50.7 Å². The number of pyridine rings is 1. The molecule has 0 radical (unpaired) electrons. The van der Waals surface area contributed by atoms with Crippen LogP contribution < -0.4 is 19.1 Å². The molecule has 3 aromatic carbocycles. The van der Waals surface area contributed by atoms with E-state index in [2.05, 4.69) is 38.3 Å². The third-order valence-corrected chi connectivity index (χ3v) is 13.2. The van der Waals surface area contributed by atoms with Crippen molar-refractivity contribution >= 4 is 43.9 Å². The maximum absolute atomic E-state index is 13.9. The first-order chi connectivity index (χ1) is 30.0. The SMILES string of the molecule is CC1(C)CCC(CN2CCN(c3ccc(C(=O)NS(=O)(=O)c4ccc(OCC5CCCO5)c([N+](=O)[O-])c4)c(Oc4cnc5[nH]ccc5c4)c3)CC2)=C(c2ccc(C(F)(F)F)cc2)C1. The van der Waals surface area contributed by atoms with Gasteiger partial charge in [0.25, 0.3) is 15.9 Å². The summed E-state index contributed by atoms with van der Waals surface area (Å²) >= 11 is 0. The highest BCUT2D eigenvalue weighted by molar-refractivity contribution is 7.90. The highest BCUT2D eigenvalue weighted by atomic mass is 32.2. The van der Waals surface area contributed by atoms with Crippen LogP contribution in [0.25, 0.3) is 16.6 Å². The number of sulfonamides is 1. The molecule has 5 aromatic rings. The number of benzene rings is 3. The first-order valence-corrected chi connectivity index (χ1v) is 22.2. The average molecular weight is 889 g/mol. The average Bonchev–Trinajstić information content (AvgIpc) is 3.96. The molecule has 1 aliphatic carbocycles. The molecular formula is C45H47F3N6O8S. The number of aromatic nitrogens is 2. The van der Waals surface area contributed by atoms with E-state index in [1.165, 1.54) is 23.9 Å². The molecule has 2 N–H and O–H groups in total. The van der Waals surface area contributed by atoms with Crippen molar-refractivity contribution in [3.63, 3.8) is 0 Å². The van der Waals surface area contributed by atoms with Gasteiger partial charge in [-0.3, -0.25) is 19.8 Å². The number of piperazine rings is 1. The van der Waals surface area contributed by atoms with Crippen LogP contribution in [-0.4, -0.2) is 86.2 Å². The van der Waals surface area contributed by atoms with Gasteiger partial charge < -0.3 is 24.1 Å². The lowest BCUT2D eigenvalue weighted by Crippen LogP contribution is -2.47. The molecule has 4 heterocycles. The predicted octanol–water partition coefficient (Wildman–Crippen LogP) is 8.74. The highest BCUT2D eigenvalue weighted by Gasteiger charge is 2.33. The van der Waals surface area contributed by atoms with E-state index in [1.54, 1.807) is 42.6 Å². The Bertz CT molecular complexity index is 2650. The number of fused-ring (bicyclic) bond motifs is 1. The minimum absolute atomic E-state index is 0.0167. The number of hydrogen-bond donors (Lipinski definition) is 2. The normalized spacial score (nSPS) is 18.4. The van der Waals surface area contributed by atoms with Crippen molar-refractivity contribution in [1.29, 1.82) is 0 Å². The van der Waals surface area contributed by atoms with Gasteiger partial charge >= 0.3 is 11.9 Å². The fourth-order valence-corrected chi connectivity index (χ4v) is 9.30. The molecule has 0 spiro atoms. The Morgan fingerprint density at radius 2 is 1.81 bits per heavy atom. The molecule has 1 amide bonds. The number of ether oxygens (including phenoxy) is 3. The summed E-state index contributed by atoms with van der Waals surface area (Å²) in [6.07, 6.45) is 2.74. The summed E-state index contributed by atoms with van der Waals surface area (Å²) in [6, 6.07) is 17.0. The second kappa shape index (κ2) is 17.7. The van der Waals surface area contributed by atoms with Gasteiger partial charge in [0.05, 0.1) is 33.2 Å². The Morgan fingerprint density at radius 1 is 1.03 bits per heavy atom. The number of allylic oxidation sites excluding steroid dienone is 1. The largest absolute Gasteiger partial charge is 0.484 e. The van der Waals surface area contributed by atoms with Crippen LogP contribution in [0.15, 0.2) is 95.7 Å². The molecular weight excluding hydrogens is 842 g/mol. The standard InChI is InChI=1S/C45H47F3N6O8S/c1-44(2)15-13-31(38(25-44)29-5-7-32(8-6-29)45(46,47)48)27-52-17-19-53(20-18-52)33-9-11-37(41(23-33)62-35-22-30-14-16-49-42(30)50-26-35)43(55)51-63(58,59)36-10-12-40(39(24-36)54(56)57)61-28-34-4-3-21-60-34/h5-12,14,16,22-24,26,34H,3-4,13,15,17-21,25,27-28H2,1-2H3,(H,49,50)(H,51,55). The van der Waals surface area contributed by atoms with Gasteiger partial charge in [-0.05, 0) is 97.2 Å². The molecule has 18 heteroatoms. The lowest BCUT2D eigenvalue weighted by molar-refractivity contribution is -0.386. The number of hydrogen-bond acceptors (Lipinski definition) is 11. The summed E-state index contributed by atoms with van der Waals surface area (Å²) in [5, 5.41) is 12.7. The third kappa shape index (κ3) is 10.1. The van der Waals surface area contributed by atoms with E-state index in [9.17, 15) is 36.5 Å². The third-order valence-electron chi connectivity index (χ3n) is 11.8. The summed E-state index contributed by atoms with van der Waals surface area (Å²) in [4.78, 5) is 36.4. The van der Waals surface area contributed by atoms with Gasteiger partial charge in [-0.25, -0.2) is 18.1 Å². The molecule has 3 aliphatic rings. The van der Waals surface area contributed by atoms with Crippen molar-refractivity contribution in [2.45, 2.75) is 63.1 Å². The monoisotopic (exact) mass is 888 g/mol. The van der Waals surface area contributed by atoms with E-state index < -0.39 is 43.2 Å². The minimum Gasteiger partial charge on any atom is -0.484 e. The number of anilines is 1. The van der Waals surface area contributed by atoms with Crippen molar-refractivity contribution in [2.24, 2.45) is 5.41 Å². The lowest BCUT2D eigenvalue weighted by atomic mass is 9.72. The van der Waals surface area contributed by atoms with E-state index in [4.69, 9.17) is 14.2 Å². The number of nitrogens with zero attached hydrogens (tertiary/aromatic N) is 4. The van der Waals surface area contributed by atoms with Gasteiger partial charge in [0.1, 0.15) is 23.8 Å². The van der Waals surface area contributed by atoms with Crippen molar-refractivity contribution < 1.29 is 45.5 Å². The van der Waals surface area contributed by atoms with Gasteiger partial charge in [0.2, 0.25) is 0 Å². The molecule has 2 fully saturated rings. The fourth-order valence-electron chi connectivity index (χ4n) is 8.31. The van der Waals surface area contributed by atoms with Crippen LogP contribution in [0.2, 0.25) is 0 Å². The van der Waals surface area contributed by atoms with Gasteiger partial charge in [0, 0.05) is 68.7 Å². The number of nitrogens with one attached hydrogen (secondary N) is 2. The molecule has 63 heavy (non-hydrogen) atoms. The van der Waals surface area contributed by atoms with Gasteiger partial charge in [0.15, 0.2) is 5.75 Å². The van der Waals surface area contributed by atoms with Crippen molar-refractivity contribution in [3.05, 3.63) is 118 Å². The molecule has 2 aromatic heterocycles. The Kier molecular flexibility index (Phi) is 12.2. The summed E-state index contributed by atoms with van der Waals surface area (Å²) in [5.74, 6) is -0.799. The number of nitro benzene ring substituents is 1. The van der Waals surface area contributed by atoms with E-state index >= 15 is 0 Å². The van der Waals surface area contributed by atoms with Crippen molar-refractivity contribution in [3.8, 4) is 17.2 Å². The van der Waals surface area contributed by atoms with Crippen molar-refractivity contribution in [2.75, 3.05) is 50.8 Å². The molecule has 0 bridgehead atoms. The zero-order chi connectivity index (χ0) is 44.5. The maximum Gasteiger partial charge on any atom is 0.416 e.